The number of nitrogens with zero attached hydrogens (tertiary/aromatic N) is 1. The van der Waals surface area contributed by atoms with Crippen molar-refractivity contribution in [3.63, 3.8) is 0 Å². The number of ether oxygens (including phenoxy) is 2. The smallest absolute Gasteiger partial charge is 0.462 e. The van der Waals surface area contributed by atoms with E-state index in [1.54, 1.807) is 12.2 Å². The average molecular weight is 889 g/mol. The van der Waals surface area contributed by atoms with Gasteiger partial charge in [-0.25, -0.2) is 4.57 Å². The van der Waals surface area contributed by atoms with Gasteiger partial charge in [-0.15, -0.1) is 0 Å². The topological polar surface area (TPSA) is 129 Å². The van der Waals surface area contributed by atoms with Gasteiger partial charge in [-0.1, -0.05) is 156 Å². The summed E-state index contributed by atoms with van der Waals surface area (Å²) in [7, 11) is 1.35. The van der Waals surface area contributed by atoms with E-state index in [-0.39, 0.29) is 26.1 Å². The molecule has 0 aromatic carbocycles. The SMILES string of the molecule is CC/C=C\C/C=C\C/C=C\C/C=C\C=C\C(O)CCCC(=O)OC[C@H](COP(=O)(O)OCC[N+](C)(C)C)OC(=O)CCCCCCCC/C=C\C/C=C\C/C=C\CCCCCC. The molecule has 2 N–H and O–H groups in total. The van der Waals surface area contributed by atoms with E-state index in [2.05, 4.69) is 86.8 Å². The lowest BCUT2D eigenvalue weighted by Crippen LogP contribution is -2.37. The number of phosphoric ester groups is 1. The highest BCUT2D eigenvalue weighted by Crippen LogP contribution is 2.43. The monoisotopic (exact) mass is 889 g/mol. The number of carbonyl (C=O) groups is 2. The highest BCUT2D eigenvalue weighted by molar-refractivity contribution is 7.47. The number of rotatable bonds is 41. The van der Waals surface area contributed by atoms with Crippen LogP contribution in [0.25, 0.3) is 0 Å². The maximum absolute atomic E-state index is 12.7. The van der Waals surface area contributed by atoms with Crippen LogP contribution in [0.3, 0.4) is 0 Å². The van der Waals surface area contributed by atoms with Gasteiger partial charge in [0.25, 0.3) is 0 Å². The number of quaternary nitrogens is 1. The normalized spacial score (nSPS) is 14.9. The van der Waals surface area contributed by atoms with Crippen molar-refractivity contribution in [2.24, 2.45) is 0 Å². The fourth-order valence-corrected chi connectivity index (χ4v) is 6.50. The Labute approximate surface area is 377 Å². The molecule has 3 atom stereocenters. The Bertz CT molecular complexity index is 1390. The maximum atomic E-state index is 12.7. The molecule has 0 aliphatic heterocycles. The largest absolute Gasteiger partial charge is 0.472 e. The van der Waals surface area contributed by atoms with Crippen LogP contribution >= 0.6 is 7.82 Å². The highest BCUT2D eigenvalue weighted by Gasteiger charge is 2.27. The summed E-state index contributed by atoms with van der Waals surface area (Å²) in [6.45, 7) is 4.03. The number of phosphoric acid groups is 1. The Kier molecular flexibility index (Phi) is 39.8. The van der Waals surface area contributed by atoms with Crippen LogP contribution in [-0.4, -0.2) is 86.1 Å². The Morgan fingerprint density at radius 1 is 0.597 bits per heavy atom. The van der Waals surface area contributed by atoms with Crippen LogP contribution in [0, 0.1) is 0 Å². The fourth-order valence-electron chi connectivity index (χ4n) is 5.75. The van der Waals surface area contributed by atoms with Gasteiger partial charge in [-0.2, -0.15) is 0 Å². The number of aliphatic hydroxyl groups is 1. The van der Waals surface area contributed by atoms with Crippen molar-refractivity contribution in [1.82, 2.24) is 0 Å². The number of unbranched alkanes of at least 4 members (excludes halogenated alkanes) is 10. The van der Waals surface area contributed by atoms with E-state index in [0.717, 1.165) is 77.0 Å². The van der Waals surface area contributed by atoms with Crippen LogP contribution in [-0.2, 0) is 32.7 Å². The summed E-state index contributed by atoms with van der Waals surface area (Å²) in [6.07, 6.45) is 52.0. The molecule has 0 spiro atoms. The molecule has 0 heterocycles. The summed E-state index contributed by atoms with van der Waals surface area (Å²) in [5.41, 5.74) is 0. The first-order valence-corrected chi connectivity index (χ1v) is 25.1. The molecule has 2 unspecified atom stereocenters. The summed E-state index contributed by atoms with van der Waals surface area (Å²) in [6, 6.07) is 0. The van der Waals surface area contributed by atoms with Crippen LogP contribution in [0.15, 0.2) is 97.2 Å². The zero-order valence-corrected chi connectivity index (χ0v) is 40.3. The van der Waals surface area contributed by atoms with Crippen LogP contribution in [0.4, 0.5) is 0 Å². The van der Waals surface area contributed by atoms with Crippen molar-refractivity contribution < 1.29 is 47.2 Å². The lowest BCUT2D eigenvalue weighted by Gasteiger charge is -2.24. The number of hydrogen-bond donors (Lipinski definition) is 2. The molecule has 0 radical (unpaired) electrons. The fraction of sp³-hybridized carbons (Fsp3) is 0.647. The van der Waals surface area contributed by atoms with Gasteiger partial charge in [-0.3, -0.25) is 18.6 Å². The third kappa shape index (κ3) is 44.9. The van der Waals surface area contributed by atoms with E-state index in [0.29, 0.717) is 30.3 Å². The summed E-state index contributed by atoms with van der Waals surface area (Å²) < 4.78 is 34.2. The second-order valence-electron chi connectivity index (χ2n) is 16.6. The lowest BCUT2D eigenvalue weighted by atomic mass is 10.1. The summed E-state index contributed by atoms with van der Waals surface area (Å²) in [5.74, 6) is -1.03. The number of carbonyl (C=O) groups excluding carboxylic acids is 2. The van der Waals surface area contributed by atoms with Crippen molar-refractivity contribution in [1.29, 1.82) is 0 Å². The molecular formula is C51H87NO9P+. The van der Waals surface area contributed by atoms with Crippen molar-refractivity contribution >= 4 is 19.8 Å². The first-order chi connectivity index (χ1) is 29.9. The van der Waals surface area contributed by atoms with E-state index in [1.165, 1.54) is 32.1 Å². The molecule has 0 aromatic rings. The van der Waals surface area contributed by atoms with Gasteiger partial charge >= 0.3 is 19.8 Å². The van der Waals surface area contributed by atoms with E-state index in [4.69, 9.17) is 18.5 Å². The minimum Gasteiger partial charge on any atom is -0.462 e. The maximum Gasteiger partial charge on any atom is 0.472 e. The minimum absolute atomic E-state index is 0.00684. The first-order valence-electron chi connectivity index (χ1n) is 23.6. The third-order valence-electron chi connectivity index (χ3n) is 9.45. The number of aliphatic hydroxyl groups excluding tert-OH is 1. The van der Waals surface area contributed by atoms with Gasteiger partial charge in [0, 0.05) is 12.8 Å². The number of allylic oxidation sites excluding steroid dienone is 15. The molecule has 0 saturated heterocycles. The zero-order valence-electron chi connectivity index (χ0n) is 39.4. The quantitative estimate of drug-likeness (QED) is 0.0154. The van der Waals surface area contributed by atoms with Crippen LogP contribution in [0.5, 0.6) is 0 Å². The van der Waals surface area contributed by atoms with E-state index in [9.17, 15) is 24.2 Å². The number of likely N-dealkylation sites (N-methyl/N-ethyl adjacent to an activating group) is 1. The summed E-state index contributed by atoms with van der Waals surface area (Å²) >= 11 is 0. The molecule has 62 heavy (non-hydrogen) atoms. The average Bonchev–Trinajstić information content (AvgIpc) is 3.22. The predicted octanol–water partition coefficient (Wildman–Crippen LogP) is 12.7. The van der Waals surface area contributed by atoms with E-state index < -0.39 is 38.6 Å². The molecular weight excluding hydrogens is 802 g/mol. The van der Waals surface area contributed by atoms with Gasteiger partial charge in [0.15, 0.2) is 6.10 Å². The number of esters is 2. The van der Waals surface area contributed by atoms with Gasteiger partial charge in [0.05, 0.1) is 33.9 Å². The van der Waals surface area contributed by atoms with Gasteiger partial charge < -0.3 is 24.0 Å². The van der Waals surface area contributed by atoms with Crippen LogP contribution in [0.2, 0.25) is 0 Å². The molecule has 0 rings (SSSR count). The molecule has 0 aliphatic rings. The lowest BCUT2D eigenvalue weighted by molar-refractivity contribution is -0.870. The van der Waals surface area contributed by atoms with Gasteiger partial charge in [0.1, 0.15) is 19.8 Å². The van der Waals surface area contributed by atoms with Crippen molar-refractivity contribution in [3.05, 3.63) is 97.2 Å². The number of hydrogen-bond acceptors (Lipinski definition) is 8. The Balaban J connectivity index is 4.54. The van der Waals surface area contributed by atoms with Crippen molar-refractivity contribution in [3.8, 4) is 0 Å². The Morgan fingerprint density at radius 2 is 1.11 bits per heavy atom. The molecule has 11 heteroatoms. The molecule has 10 nitrogen and oxygen atoms in total. The standard InChI is InChI=1S/C51H86NO9P/c1-6-8-10-12-14-16-18-20-21-22-23-24-25-26-28-30-32-34-36-38-42-51(55)61-49(47-60-62(56,57)59-45-44-52(3,4)5)46-58-50(54)43-39-41-48(53)40-37-35-33-31-29-27-19-17-15-13-11-9-7-2/h9,11,15-18,21-22,24-25,27,29,33,35,37,40,48-49,53H,6-8,10,12-14,19-20,23,26,28,30-32,34,36,38-39,41-47H2,1-5H3/p+1/b11-9-,17-15-,18-16-,22-21-,25-24-,29-27-,35-33-,40-37+/t48?,49-/m1/s1. The van der Waals surface area contributed by atoms with Crippen LogP contribution < -0.4 is 0 Å². The summed E-state index contributed by atoms with van der Waals surface area (Å²) in [5, 5.41) is 10.3. The Hall–Kier alpha value is -3.11. The first kappa shape index (κ1) is 58.9. The molecule has 0 aliphatic carbocycles. The molecule has 0 fully saturated rings. The molecule has 354 valence electrons. The zero-order chi connectivity index (χ0) is 45.8. The minimum atomic E-state index is -4.43. The predicted molar refractivity (Wildman–Crippen MR) is 258 cm³/mol. The highest BCUT2D eigenvalue weighted by atomic mass is 31.2. The second-order valence-corrected chi connectivity index (χ2v) is 18.1. The van der Waals surface area contributed by atoms with Gasteiger partial charge in [0.2, 0.25) is 0 Å². The Morgan fingerprint density at radius 3 is 1.69 bits per heavy atom. The second kappa shape index (κ2) is 41.9. The van der Waals surface area contributed by atoms with E-state index in [1.807, 2.05) is 33.3 Å². The van der Waals surface area contributed by atoms with E-state index >= 15 is 0 Å². The summed E-state index contributed by atoms with van der Waals surface area (Å²) in [4.78, 5) is 35.5. The van der Waals surface area contributed by atoms with Crippen molar-refractivity contribution in [2.45, 2.75) is 167 Å². The molecule has 0 saturated carbocycles. The van der Waals surface area contributed by atoms with Crippen molar-refractivity contribution in [2.75, 3.05) is 47.5 Å². The molecule has 0 aromatic heterocycles. The van der Waals surface area contributed by atoms with Crippen LogP contribution in [0.1, 0.15) is 155 Å². The van der Waals surface area contributed by atoms with Gasteiger partial charge in [-0.05, 0) is 83.5 Å². The molecule has 0 bridgehead atoms. The molecule has 0 amide bonds. The third-order valence-corrected chi connectivity index (χ3v) is 10.4.